The van der Waals surface area contributed by atoms with E-state index in [0.29, 0.717) is 30.3 Å². The highest BCUT2D eigenvalue weighted by molar-refractivity contribution is 6.30. The van der Waals surface area contributed by atoms with E-state index < -0.39 is 0 Å². The monoisotopic (exact) mass is 376 g/mol. The van der Waals surface area contributed by atoms with Gasteiger partial charge in [0.15, 0.2) is 0 Å². The summed E-state index contributed by atoms with van der Waals surface area (Å²) in [6.45, 7) is 4.91. The molecule has 1 fully saturated rings. The molecule has 1 aromatic carbocycles. The molecule has 0 saturated carbocycles. The molecule has 1 N–H and O–H groups in total. The molecule has 5 nitrogen and oxygen atoms in total. The van der Waals surface area contributed by atoms with E-state index in [9.17, 15) is 4.79 Å². The number of benzene rings is 1. The highest BCUT2D eigenvalue weighted by atomic mass is 35.5. The van der Waals surface area contributed by atoms with Crippen LogP contribution in [0, 0.1) is 6.92 Å². The van der Waals surface area contributed by atoms with E-state index in [1.165, 1.54) is 12.8 Å². The Morgan fingerprint density at radius 2 is 1.96 bits per heavy atom. The number of furan rings is 1. The zero-order valence-electron chi connectivity index (χ0n) is 15.0. The lowest BCUT2D eigenvalue weighted by molar-refractivity contribution is -0.121. The van der Waals surface area contributed by atoms with Gasteiger partial charge < -0.3 is 14.5 Å². The molecule has 0 spiro atoms. The molecule has 140 valence electrons. The molecule has 0 bridgehead atoms. The van der Waals surface area contributed by atoms with Gasteiger partial charge in [-0.1, -0.05) is 11.6 Å². The number of carbonyl (C=O) groups excluding carboxylic acids is 1. The number of carbonyl (C=O) groups is 1. The van der Waals surface area contributed by atoms with Crippen LogP contribution in [0.15, 0.2) is 40.8 Å². The van der Waals surface area contributed by atoms with Crippen molar-refractivity contribution < 1.29 is 13.9 Å². The van der Waals surface area contributed by atoms with E-state index in [2.05, 4.69) is 10.2 Å². The summed E-state index contributed by atoms with van der Waals surface area (Å²) >= 11 is 5.84. The summed E-state index contributed by atoms with van der Waals surface area (Å²) in [5.74, 6) is 2.50. The fourth-order valence-electron chi connectivity index (χ4n) is 3.19. The third kappa shape index (κ3) is 5.26. The van der Waals surface area contributed by atoms with Crippen molar-refractivity contribution >= 4 is 17.5 Å². The second kappa shape index (κ2) is 9.10. The lowest BCUT2D eigenvalue weighted by Gasteiger charge is -2.26. The first-order chi connectivity index (χ1) is 12.6. The topological polar surface area (TPSA) is 54.7 Å². The standard InChI is InChI=1S/C20H25ClN2O3/c1-15-4-9-19(26-15)18(23-11-2-3-12-23)14-22-20(24)10-13-25-17-7-5-16(21)6-8-17/h4-9,18H,2-3,10-14H2,1H3,(H,22,24)/t18-/m0/s1. The number of nitrogens with zero attached hydrogens (tertiary/aromatic N) is 1. The zero-order chi connectivity index (χ0) is 18.4. The van der Waals surface area contributed by atoms with E-state index in [1.807, 2.05) is 19.1 Å². The van der Waals surface area contributed by atoms with Crippen LogP contribution in [0.2, 0.25) is 5.02 Å². The van der Waals surface area contributed by atoms with Crippen LogP contribution < -0.4 is 10.1 Å². The average molecular weight is 377 g/mol. The van der Waals surface area contributed by atoms with E-state index in [-0.39, 0.29) is 11.9 Å². The fourth-order valence-corrected chi connectivity index (χ4v) is 3.31. The maximum atomic E-state index is 12.2. The van der Waals surface area contributed by atoms with Gasteiger partial charge >= 0.3 is 0 Å². The Morgan fingerprint density at radius 3 is 2.62 bits per heavy atom. The number of aryl methyl sites for hydroxylation is 1. The molecule has 26 heavy (non-hydrogen) atoms. The summed E-state index contributed by atoms with van der Waals surface area (Å²) in [5.41, 5.74) is 0. The number of amides is 1. The predicted octanol–water partition coefficient (Wildman–Crippen LogP) is 3.96. The van der Waals surface area contributed by atoms with Gasteiger partial charge in [-0.15, -0.1) is 0 Å². The van der Waals surface area contributed by atoms with Crippen LogP contribution in [0.25, 0.3) is 0 Å². The van der Waals surface area contributed by atoms with Crippen molar-refractivity contribution in [2.45, 2.75) is 32.2 Å². The second-order valence-electron chi connectivity index (χ2n) is 6.56. The molecule has 6 heteroatoms. The Bertz CT molecular complexity index is 708. The molecule has 3 rings (SSSR count). The Labute approximate surface area is 159 Å². The van der Waals surface area contributed by atoms with E-state index in [4.69, 9.17) is 20.8 Å². The quantitative estimate of drug-likeness (QED) is 0.757. The molecular weight excluding hydrogens is 352 g/mol. The molecule has 0 unspecified atom stereocenters. The lowest BCUT2D eigenvalue weighted by atomic mass is 10.2. The molecule has 0 aliphatic carbocycles. The number of ether oxygens (including phenoxy) is 1. The van der Waals surface area contributed by atoms with Gasteiger partial charge in [0.1, 0.15) is 17.3 Å². The minimum absolute atomic E-state index is 0.0218. The van der Waals surface area contributed by atoms with Crippen LogP contribution in [0.1, 0.15) is 36.8 Å². The fraction of sp³-hybridized carbons (Fsp3) is 0.450. The first-order valence-corrected chi connectivity index (χ1v) is 9.45. The summed E-state index contributed by atoms with van der Waals surface area (Å²) in [5, 5.41) is 3.68. The Kier molecular flexibility index (Phi) is 6.58. The van der Waals surface area contributed by atoms with Gasteiger partial charge in [-0.3, -0.25) is 9.69 Å². The maximum absolute atomic E-state index is 12.2. The highest BCUT2D eigenvalue weighted by Crippen LogP contribution is 2.26. The van der Waals surface area contributed by atoms with E-state index in [1.54, 1.807) is 24.3 Å². The van der Waals surface area contributed by atoms with Crippen LogP contribution >= 0.6 is 11.6 Å². The van der Waals surface area contributed by atoms with E-state index >= 15 is 0 Å². The number of halogens is 1. The molecule has 2 aromatic rings. The molecule has 1 aliphatic heterocycles. The molecule has 1 atom stereocenters. The van der Waals surface area contributed by atoms with Crippen molar-refractivity contribution in [3.8, 4) is 5.75 Å². The smallest absolute Gasteiger partial charge is 0.223 e. The van der Waals surface area contributed by atoms with Crippen molar-refractivity contribution in [2.75, 3.05) is 26.2 Å². The van der Waals surface area contributed by atoms with Crippen LogP contribution in [0.5, 0.6) is 5.75 Å². The van der Waals surface area contributed by atoms with Gasteiger partial charge in [0.25, 0.3) is 0 Å². The van der Waals surface area contributed by atoms with Gasteiger partial charge in [-0.05, 0) is 69.3 Å². The summed E-state index contributed by atoms with van der Waals surface area (Å²) < 4.78 is 11.4. The highest BCUT2D eigenvalue weighted by Gasteiger charge is 2.26. The van der Waals surface area contributed by atoms with Gasteiger partial charge in [-0.25, -0.2) is 0 Å². The third-order valence-electron chi connectivity index (χ3n) is 4.58. The van der Waals surface area contributed by atoms with Gasteiger partial charge in [-0.2, -0.15) is 0 Å². The third-order valence-corrected chi connectivity index (χ3v) is 4.83. The summed E-state index contributed by atoms with van der Waals surface area (Å²) in [6, 6.07) is 11.2. The van der Waals surface area contributed by atoms with Crippen LogP contribution in [0.3, 0.4) is 0 Å². The first-order valence-electron chi connectivity index (χ1n) is 9.07. The maximum Gasteiger partial charge on any atom is 0.223 e. The molecule has 0 radical (unpaired) electrons. The van der Waals surface area contributed by atoms with Crippen LogP contribution in [-0.4, -0.2) is 37.0 Å². The largest absolute Gasteiger partial charge is 0.493 e. The molecule has 1 amide bonds. The van der Waals surface area contributed by atoms with Crippen molar-refractivity contribution in [3.63, 3.8) is 0 Å². The summed E-state index contributed by atoms with van der Waals surface area (Å²) in [6.07, 6.45) is 2.70. The molecular formula is C20H25ClN2O3. The van der Waals surface area contributed by atoms with Crippen molar-refractivity contribution in [1.82, 2.24) is 10.2 Å². The number of hydrogen-bond donors (Lipinski definition) is 1. The Morgan fingerprint density at radius 1 is 1.23 bits per heavy atom. The average Bonchev–Trinajstić information content (AvgIpc) is 3.29. The SMILES string of the molecule is Cc1ccc([C@H](CNC(=O)CCOc2ccc(Cl)cc2)N2CCCC2)o1. The van der Waals surface area contributed by atoms with Gasteiger partial charge in [0.05, 0.1) is 19.1 Å². The zero-order valence-corrected chi connectivity index (χ0v) is 15.8. The number of rotatable bonds is 8. The molecule has 1 aromatic heterocycles. The minimum Gasteiger partial charge on any atom is -0.493 e. The second-order valence-corrected chi connectivity index (χ2v) is 7.00. The van der Waals surface area contributed by atoms with Gasteiger partial charge in [0, 0.05) is 11.6 Å². The summed E-state index contributed by atoms with van der Waals surface area (Å²) in [4.78, 5) is 14.6. The molecule has 1 saturated heterocycles. The predicted molar refractivity (Wildman–Crippen MR) is 102 cm³/mol. The van der Waals surface area contributed by atoms with Crippen LogP contribution in [0.4, 0.5) is 0 Å². The number of hydrogen-bond acceptors (Lipinski definition) is 4. The van der Waals surface area contributed by atoms with Gasteiger partial charge in [0.2, 0.25) is 5.91 Å². The van der Waals surface area contributed by atoms with Crippen molar-refractivity contribution in [2.24, 2.45) is 0 Å². The summed E-state index contributed by atoms with van der Waals surface area (Å²) in [7, 11) is 0. The number of nitrogens with one attached hydrogen (secondary N) is 1. The first kappa shape index (κ1) is 18.8. The van der Waals surface area contributed by atoms with E-state index in [0.717, 1.165) is 24.6 Å². The van der Waals surface area contributed by atoms with Crippen LogP contribution in [-0.2, 0) is 4.79 Å². The molecule has 2 heterocycles. The molecule has 1 aliphatic rings. The van der Waals surface area contributed by atoms with Crippen molar-refractivity contribution in [1.29, 1.82) is 0 Å². The van der Waals surface area contributed by atoms with Crippen molar-refractivity contribution in [3.05, 3.63) is 52.9 Å². The normalized spacial score (nSPS) is 15.8. The number of likely N-dealkylation sites (tertiary alicyclic amines) is 1. The minimum atomic E-state index is -0.0218. The lowest BCUT2D eigenvalue weighted by Crippen LogP contribution is -2.37. The Hall–Kier alpha value is -1.98. The Balaban J connectivity index is 1.47.